The third-order valence-corrected chi connectivity index (χ3v) is 3.43. The van der Waals surface area contributed by atoms with E-state index >= 15 is 0 Å². The summed E-state index contributed by atoms with van der Waals surface area (Å²) >= 11 is 4.37. The average Bonchev–Trinajstić information content (AvgIpc) is 2.50. The largest absolute Gasteiger partial charge is 0.466 e. The van der Waals surface area contributed by atoms with E-state index < -0.39 is 11.6 Å². The summed E-state index contributed by atoms with van der Waals surface area (Å²) in [6.07, 6.45) is 0. The van der Waals surface area contributed by atoms with Gasteiger partial charge >= 0.3 is 5.97 Å². The number of hydrogen-bond donors (Lipinski definition) is 0. The molecule has 0 fully saturated rings. The van der Waals surface area contributed by atoms with Gasteiger partial charge in [0.15, 0.2) is 0 Å². The van der Waals surface area contributed by atoms with Crippen molar-refractivity contribution in [1.29, 1.82) is 0 Å². The van der Waals surface area contributed by atoms with Gasteiger partial charge in [-0.1, -0.05) is 0 Å². The molecule has 0 saturated heterocycles. The highest BCUT2D eigenvalue weighted by Gasteiger charge is 2.37. The van der Waals surface area contributed by atoms with Crippen molar-refractivity contribution in [2.75, 3.05) is 7.11 Å². The highest BCUT2D eigenvalue weighted by Crippen LogP contribution is 2.34. The Morgan fingerprint density at radius 3 is 2.69 bits per heavy atom. The van der Waals surface area contributed by atoms with Crippen molar-refractivity contribution in [3.63, 3.8) is 0 Å². The van der Waals surface area contributed by atoms with E-state index in [-0.39, 0.29) is 0 Å². The van der Waals surface area contributed by atoms with E-state index in [1.54, 1.807) is 12.1 Å². The number of alkyl halides is 1. The fourth-order valence-corrected chi connectivity index (χ4v) is 2.27. The molecular weight excluding hydrogens is 259 g/mol. The molecule has 72 valence electrons. The highest BCUT2D eigenvalue weighted by atomic mass is 79.9. The summed E-state index contributed by atoms with van der Waals surface area (Å²) in [5.41, 5.74) is -2.05. The van der Waals surface area contributed by atoms with Crippen molar-refractivity contribution in [2.45, 2.75) is 12.6 Å². The van der Waals surface area contributed by atoms with Crippen molar-refractivity contribution < 1.29 is 13.9 Å². The molecule has 0 radical (unpaired) electrons. The van der Waals surface area contributed by atoms with Gasteiger partial charge in [-0.25, -0.2) is 9.18 Å². The molecular formula is C8H8BrFO2S. The summed E-state index contributed by atoms with van der Waals surface area (Å²) in [6, 6.07) is 3.26. The number of carbonyl (C=O) groups is 1. The summed E-state index contributed by atoms with van der Waals surface area (Å²) in [5.74, 6) is -0.873. The fourth-order valence-electron chi connectivity index (χ4n) is 0.859. The van der Waals surface area contributed by atoms with Crippen LogP contribution in [-0.2, 0) is 15.2 Å². The second kappa shape index (κ2) is 3.75. The van der Waals surface area contributed by atoms with Crippen LogP contribution < -0.4 is 0 Å². The lowest BCUT2D eigenvalue weighted by Crippen LogP contribution is -2.27. The molecule has 0 N–H and O–H groups in total. The molecule has 2 nitrogen and oxygen atoms in total. The van der Waals surface area contributed by atoms with Gasteiger partial charge in [-0.3, -0.25) is 0 Å². The van der Waals surface area contributed by atoms with E-state index in [1.807, 2.05) is 0 Å². The minimum Gasteiger partial charge on any atom is -0.466 e. The lowest BCUT2D eigenvalue weighted by atomic mass is 10.1. The molecule has 1 aromatic rings. The lowest BCUT2D eigenvalue weighted by Gasteiger charge is -2.14. The normalized spacial score (nSPS) is 15.1. The van der Waals surface area contributed by atoms with Crippen LogP contribution in [0, 0.1) is 0 Å². The average molecular weight is 267 g/mol. The van der Waals surface area contributed by atoms with Crippen LogP contribution in [0.2, 0.25) is 0 Å². The van der Waals surface area contributed by atoms with Crippen molar-refractivity contribution in [3.05, 3.63) is 20.8 Å². The van der Waals surface area contributed by atoms with Crippen LogP contribution in [-0.4, -0.2) is 13.1 Å². The standard InChI is InChI=1S/C8H8BrFO2S/c1-8(10,7(11)12-2)5-3-4-6(9)13-5/h3-4H,1-2H3. The highest BCUT2D eigenvalue weighted by molar-refractivity contribution is 9.11. The topological polar surface area (TPSA) is 26.3 Å². The van der Waals surface area contributed by atoms with E-state index in [0.29, 0.717) is 4.88 Å². The van der Waals surface area contributed by atoms with E-state index in [4.69, 9.17) is 0 Å². The van der Waals surface area contributed by atoms with E-state index in [9.17, 15) is 9.18 Å². The summed E-state index contributed by atoms with van der Waals surface area (Å²) in [4.78, 5) is 11.4. The Kier molecular flexibility index (Phi) is 3.08. The second-order valence-electron chi connectivity index (χ2n) is 2.60. The van der Waals surface area contributed by atoms with Crippen LogP contribution in [0.25, 0.3) is 0 Å². The SMILES string of the molecule is COC(=O)C(C)(F)c1ccc(Br)s1. The molecule has 1 unspecified atom stereocenters. The number of esters is 1. The molecule has 1 rings (SSSR count). The molecule has 0 aliphatic carbocycles. The first-order chi connectivity index (χ1) is 5.98. The molecule has 0 aliphatic heterocycles. The molecule has 0 aromatic carbocycles. The van der Waals surface area contributed by atoms with Gasteiger partial charge in [0.05, 0.1) is 15.8 Å². The molecule has 0 amide bonds. The van der Waals surface area contributed by atoms with Crippen LogP contribution >= 0.6 is 27.3 Å². The maximum Gasteiger partial charge on any atom is 0.348 e. The summed E-state index contributed by atoms with van der Waals surface area (Å²) in [5, 5.41) is 0. The smallest absolute Gasteiger partial charge is 0.348 e. The number of rotatable bonds is 2. The van der Waals surface area contributed by atoms with Crippen molar-refractivity contribution >= 4 is 33.2 Å². The minimum absolute atomic E-state index is 0.339. The molecule has 0 bridgehead atoms. The first-order valence-electron chi connectivity index (χ1n) is 3.51. The van der Waals surface area contributed by atoms with Gasteiger partial charge in [0.1, 0.15) is 0 Å². The Morgan fingerprint density at radius 1 is 1.69 bits per heavy atom. The molecule has 1 aromatic heterocycles. The predicted molar refractivity (Wildman–Crippen MR) is 52.5 cm³/mol. The minimum atomic E-state index is -2.05. The van der Waals surface area contributed by atoms with Crippen molar-refractivity contribution in [2.24, 2.45) is 0 Å². The van der Waals surface area contributed by atoms with Gasteiger partial charge < -0.3 is 4.74 Å². The monoisotopic (exact) mass is 266 g/mol. The summed E-state index contributed by atoms with van der Waals surface area (Å²) < 4.78 is 18.9. The van der Waals surface area contributed by atoms with Crippen LogP contribution in [0.1, 0.15) is 11.8 Å². The Labute approximate surface area is 87.8 Å². The van der Waals surface area contributed by atoms with Crippen LogP contribution in [0.4, 0.5) is 4.39 Å². The van der Waals surface area contributed by atoms with Crippen LogP contribution in [0.3, 0.4) is 0 Å². The van der Waals surface area contributed by atoms with Crippen LogP contribution in [0.5, 0.6) is 0 Å². The Morgan fingerprint density at radius 2 is 2.31 bits per heavy atom. The van der Waals surface area contributed by atoms with E-state index in [0.717, 1.165) is 3.79 Å². The van der Waals surface area contributed by atoms with Gasteiger partial charge in [0, 0.05) is 0 Å². The third-order valence-electron chi connectivity index (χ3n) is 1.60. The summed E-state index contributed by atoms with van der Waals surface area (Å²) in [6.45, 7) is 1.19. The zero-order valence-corrected chi connectivity index (χ0v) is 9.54. The zero-order valence-electron chi connectivity index (χ0n) is 7.14. The maximum atomic E-state index is 13.7. The van der Waals surface area contributed by atoms with Crippen LogP contribution in [0.15, 0.2) is 15.9 Å². The Bertz CT molecular complexity index is 322. The van der Waals surface area contributed by atoms with Gasteiger partial charge in [0.25, 0.3) is 0 Å². The number of carbonyl (C=O) groups excluding carboxylic acids is 1. The molecule has 0 saturated carbocycles. The lowest BCUT2D eigenvalue weighted by molar-refractivity contribution is -0.153. The van der Waals surface area contributed by atoms with Gasteiger partial charge in [-0.2, -0.15) is 0 Å². The number of halogens is 2. The number of methoxy groups -OCH3 is 1. The maximum absolute atomic E-state index is 13.7. The first kappa shape index (κ1) is 10.7. The molecule has 0 aliphatic rings. The molecule has 13 heavy (non-hydrogen) atoms. The molecule has 5 heteroatoms. The molecule has 1 atom stereocenters. The zero-order chi connectivity index (χ0) is 10.1. The fraction of sp³-hybridized carbons (Fsp3) is 0.375. The number of hydrogen-bond acceptors (Lipinski definition) is 3. The van der Waals surface area contributed by atoms with Gasteiger partial charge in [0.2, 0.25) is 5.67 Å². The number of ether oxygens (including phenoxy) is 1. The molecule has 1 heterocycles. The van der Waals surface area contributed by atoms with Crippen molar-refractivity contribution in [1.82, 2.24) is 0 Å². The Hall–Kier alpha value is -0.420. The van der Waals surface area contributed by atoms with Crippen molar-refractivity contribution in [3.8, 4) is 0 Å². The quantitative estimate of drug-likeness (QED) is 0.770. The summed E-state index contributed by atoms with van der Waals surface area (Å²) in [7, 11) is 1.17. The second-order valence-corrected chi connectivity index (χ2v) is 5.06. The predicted octanol–water partition coefficient (Wildman–Crippen LogP) is 2.87. The molecule has 0 spiro atoms. The number of thiophene rings is 1. The van der Waals surface area contributed by atoms with Gasteiger partial charge in [-0.05, 0) is 35.0 Å². The first-order valence-corrected chi connectivity index (χ1v) is 5.12. The van der Waals surface area contributed by atoms with E-state index in [2.05, 4.69) is 20.7 Å². The third kappa shape index (κ3) is 2.08. The Balaban J connectivity index is 2.99. The van der Waals surface area contributed by atoms with E-state index in [1.165, 1.54) is 25.4 Å². The van der Waals surface area contributed by atoms with Gasteiger partial charge in [-0.15, -0.1) is 11.3 Å².